The lowest BCUT2D eigenvalue weighted by atomic mass is 9.68. The minimum atomic E-state index is -3.42. The Labute approximate surface area is 299 Å². The van der Waals surface area contributed by atoms with Crippen LogP contribution < -0.4 is 14.4 Å². The van der Waals surface area contributed by atoms with Crippen LogP contribution in [0.2, 0.25) is 5.02 Å². The molecule has 1 fully saturated rings. The minimum absolute atomic E-state index is 0.0383. The molecular weight excluding hydrogens is 674 g/mol. The highest BCUT2D eigenvalue weighted by Crippen LogP contribution is 2.47. The molecule has 4 aliphatic rings. The van der Waals surface area contributed by atoms with Crippen LogP contribution in [0.25, 0.3) is 0 Å². The number of methoxy groups -OCH3 is 1. The molecule has 2 bridgehead atoms. The van der Waals surface area contributed by atoms with Crippen LogP contribution >= 0.6 is 11.6 Å². The molecule has 2 amide bonds. The number of aromatic nitrogens is 2. The lowest BCUT2D eigenvalue weighted by Gasteiger charge is -2.46. The van der Waals surface area contributed by atoms with Crippen molar-refractivity contribution in [1.82, 2.24) is 14.3 Å². The molecule has 0 radical (unpaired) electrons. The van der Waals surface area contributed by atoms with E-state index in [4.69, 9.17) is 21.1 Å². The van der Waals surface area contributed by atoms with E-state index in [1.54, 1.807) is 19.4 Å². The van der Waals surface area contributed by atoms with Gasteiger partial charge in [-0.25, -0.2) is 9.19 Å². The van der Waals surface area contributed by atoms with E-state index >= 15 is 0 Å². The second-order valence-electron chi connectivity index (χ2n) is 14.3. The van der Waals surface area contributed by atoms with E-state index in [1.807, 2.05) is 36.0 Å². The minimum Gasteiger partial charge on any atom is -0.490 e. The molecule has 7 rings (SSSR count). The number of benzene rings is 2. The Hall–Kier alpha value is -3.67. The number of ether oxygens (including phenoxy) is 2. The molecule has 12 heteroatoms. The molecule has 1 spiro atoms. The topological polar surface area (TPSA) is 115 Å². The first kappa shape index (κ1) is 34.8. The number of aryl methyl sites for hydroxylation is 3. The first-order valence-electron chi connectivity index (χ1n) is 17.7. The Morgan fingerprint density at radius 1 is 1.20 bits per heavy atom. The lowest BCUT2D eigenvalue weighted by molar-refractivity contribution is -0.119. The summed E-state index contributed by atoms with van der Waals surface area (Å²) in [4.78, 5) is 33.6. The summed E-state index contributed by atoms with van der Waals surface area (Å²) in [5.41, 5.74) is 3.44. The number of fused-ring (bicyclic) bond motifs is 4. The zero-order chi connectivity index (χ0) is 34.9. The molecule has 10 nitrogen and oxygen atoms in total. The maximum absolute atomic E-state index is 14.3. The van der Waals surface area contributed by atoms with Crippen molar-refractivity contribution in [3.63, 3.8) is 0 Å². The Bertz CT molecular complexity index is 1920. The van der Waals surface area contributed by atoms with Gasteiger partial charge in [-0.1, -0.05) is 29.8 Å². The van der Waals surface area contributed by atoms with Crippen LogP contribution in [0.1, 0.15) is 72.3 Å². The van der Waals surface area contributed by atoms with Crippen molar-refractivity contribution in [1.29, 1.82) is 0 Å². The second kappa shape index (κ2) is 14.5. The summed E-state index contributed by atoms with van der Waals surface area (Å²) < 4.78 is 35.6. The summed E-state index contributed by atoms with van der Waals surface area (Å²) in [5.74, 6) is 1.20. The summed E-state index contributed by atoms with van der Waals surface area (Å²) in [7, 11) is 0.209. The number of carbonyl (C=O) groups is 2. The van der Waals surface area contributed by atoms with Crippen LogP contribution in [0.3, 0.4) is 0 Å². The van der Waals surface area contributed by atoms with E-state index in [0.29, 0.717) is 49.0 Å². The number of rotatable bonds is 5. The standard InChI is InChI=1S/C38H46ClN5O5S/c1-43-19-18-40-35(43)15-16-36(45)41-50(47)20-5-3-4-8-33(48-2)30-12-9-28(30)23-44-24-38(17-6-7-26-21-29(39)11-13-31(26)38)25-49-34-14-10-27(22-32(34)44)37(46)42-50/h4,8,10-11,13-14,18-19,21-22,28,30,33H,3,5-7,9,12,15-17,20,23-25H2,1-2H3,(H,41,42,45,46,47)/b8-4+/t28-,30+,33-,38-,50+/m0/s1. The molecule has 5 atom stereocenters. The maximum atomic E-state index is 14.3. The van der Waals surface area contributed by atoms with E-state index in [1.165, 1.54) is 11.1 Å². The van der Waals surface area contributed by atoms with Gasteiger partial charge in [-0.05, 0) is 98.2 Å². The Balaban J connectivity index is 1.24. The molecular formula is C38H46ClN5O5S. The van der Waals surface area contributed by atoms with Gasteiger partial charge in [0.05, 0.1) is 24.2 Å². The summed E-state index contributed by atoms with van der Waals surface area (Å²) in [6.45, 7) is 2.03. The molecule has 266 valence electrons. The van der Waals surface area contributed by atoms with E-state index in [-0.39, 0.29) is 23.7 Å². The molecule has 50 heavy (non-hydrogen) atoms. The number of nitrogens with zero attached hydrogens (tertiary/aromatic N) is 4. The summed E-state index contributed by atoms with van der Waals surface area (Å²) in [6, 6.07) is 11.6. The van der Waals surface area contributed by atoms with Crippen LogP contribution in [0.4, 0.5) is 5.69 Å². The summed E-state index contributed by atoms with van der Waals surface area (Å²) in [5, 5.41) is 0.743. The summed E-state index contributed by atoms with van der Waals surface area (Å²) in [6.07, 6.45) is 14.4. The van der Waals surface area contributed by atoms with Crippen LogP contribution in [-0.2, 0) is 44.8 Å². The maximum Gasteiger partial charge on any atom is 0.286 e. The number of hydrogen-bond acceptors (Lipinski definition) is 7. The average molecular weight is 720 g/mol. The van der Waals surface area contributed by atoms with Crippen molar-refractivity contribution >= 4 is 39.0 Å². The second-order valence-corrected chi connectivity index (χ2v) is 16.8. The molecule has 0 unspecified atom stereocenters. The first-order chi connectivity index (χ1) is 24.1. The van der Waals surface area contributed by atoms with Crippen molar-refractivity contribution in [2.24, 2.45) is 23.2 Å². The monoisotopic (exact) mass is 719 g/mol. The Morgan fingerprint density at radius 2 is 2.08 bits per heavy atom. The summed E-state index contributed by atoms with van der Waals surface area (Å²) >= 11 is 6.45. The molecule has 2 aromatic carbocycles. The van der Waals surface area contributed by atoms with Gasteiger partial charge in [-0.3, -0.25) is 14.3 Å². The van der Waals surface area contributed by atoms with Gasteiger partial charge in [0.2, 0.25) is 5.91 Å². The van der Waals surface area contributed by atoms with Gasteiger partial charge in [0.1, 0.15) is 21.5 Å². The third kappa shape index (κ3) is 7.22. The number of nitrogens with one attached hydrogen (secondary N) is 1. The number of amides is 2. The molecule has 1 saturated carbocycles. The van der Waals surface area contributed by atoms with Crippen molar-refractivity contribution in [3.8, 4) is 5.75 Å². The molecule has 2 aliphatic heterocycles. The van der Waals surface area contributed by atoms with Gasteiger partial charge in [0, 0.05) is 68.5 Å². The Kier molecular flexibility index (Phi) is 10.1. The SMILES string of the molecule is CO[C@H]1/C=C/CCC[S@@](=O)(NC(=O)CCc2nccn2C)=NC(=O)c2ccc3c(c2)N(C[C@@H]2CC[C@H]21)C[C@@]1(CCCc2cc(Cl)ccc21)CO3. The van der Waals surface area contributed by atoms with Crippen molar-refractivity contribution in [2.75, 3.05) is 37.5 Å². The van der Waals surface area contributed by atoms with Crippen LogP contribution in [0.15, 0.2) is 65.3 Å². The molecule has 2 aliphatic carbocycles. The molecule has 0 saturated heterocycles. The van der Waals surface area contributed by atoms with E-state index in [2.05, 4.69) is 43.3 Å². The predicted octanol–water partition coefficient (Wildman–Crippen LogP) is 6.21. The molecule has 1 aromatic heterocycles. The average Bonchev–Trinajstić information content (AvgIpc) is 3.43. The highest BCUT2D eigenvalue weighted by molar-refractivity contribution is 7.92. The number of carbonyl (C=O) groups excluding carboxylic acids is 2. The fourth-order valence-corrected chi connectivity index (χ4v) is 10.0. The van der Waals surface area contributed by atoms with Gasteiger partial charge >= 0.3 is 0 Å². The smallest absolute Gasteiger partial charge is 0.286 e. The third-order valence-corrected chi connectivity index (χ3v) is 13.1. The number of imidazole rings is 1. The first-order valence-corrected chi connectivity index (χ1v) is 19.8. The number of anilines is 1. The molecule has 3 aromatic rings. The van der Waals surface area contributed by atoms with Crippen LogP contribution in [0, 0.1) is 11.8 Å². The van der Waals surface area contributed by atoms with Gasteiger partial charge in [0.25, 0.3) is 5.91 Å². The van der Waals surface area contributed by atoms with Gasteiger partial charge in [0.15, 0.2) is 0 Å². The Morgan fingerprint density at radius 3 is 2.86 bits per heavy atom. The zero-order valence-corrected chi connectivity index (χ0v) is 30.4. The van der Waals surface area contributed by atoms with Crippen molar-refractivity contribution < 1.29 is 23.3 Å². The van der Waals surface area contributed by atoms with E-state index in [0.717, 1.165) is 61.7 Å². The molecule has 1 N–H and O–H groups in total. The largest absolute Gasteiger partial charge is 0.490 e. The van der Waals surface area contributed by atoms with E-state index in [9.17, 15) is 13.8 Å². The normalized spacial score (nSPS) is 28.7. The van der Waals surface area contributed by atoms with E-state index < -0.39 is 21.7 Å². The lowest BCUT2D eigenvalue weighted by Crippen LogP contribution is -2.49. The van der Waals surface area contributed by atoms with Gasteiger partial charge < -0.3 is 18.9 Å². The zero-order valence-electron chi connectivity index (χ0n) is 28.8. The molecule has 3 heterocycles. The highest BCUT2D eigenvalue weighted by atomic mass is 35.5. The van der Waals surface area contributed by atoms with Crippen molar-refractivity contribution in [2.45, 2.75) is 69.3 Å². The predicted molar refractivity (Wildman–Crippen MR) is 195 cm³/mol. The fourth-order valence-electron chi connectivity index (χ4n) is 8.21. The van der Waals surface area contributed by atoms with Crippen molar-refractivity contribution in [3.05, 3.63) is 88.5 Å². The van der Waals surface area contributed by atoms with Crippen LogP contribution in [0.5, 0.6) is 5.75 Å². The van der Waals surface area contributed by atoms with Gasteiger partial charge in [-0.15, -0.1) is 4.36 Å². The van der Waals surface area contributed by atoms with Crippen LogP contribution in [-0.4, -0.2) is 64.2 Å². The van der Waals surface area contributed by atoms with Gasteiger partial charge in [-0.2, -0.15) is 0 Å². The number of allylic oxidation sites excluding steroid dienone is 1. The highest BCUT2D eigenvalue weighted by Gasteiger charge is 2.44. The quantitative estimate of drug-likeness (QED) is 0.312. The fraction of sp³-hybridized carbons (Fsp3) is 0.500. The third-order valence-electron chi connectivity index (χ3n) is 11.0. The number of hydrogen-bond donors (Lipinski definition) is 1. The number of halogens is 1.